The highest BCUT2D eigenvalue weighted by molar-refractivity contribution is 6.30. The lowest BCUT2D eigenvalue weighted by Crippen LogP contribution is -2.30. The Morgan fingerprint density at radius 3 is 2.75 bits per heavy atom. The van der Waals surface area contributed by atoms with Crippen molar-refractivity contribution in [3.8, 4) is 11.4 Å². The number of H-pyrrole nitrogens is 1. The molecule has 1 aliphatic rings. The summed E-state index contributed by atoms with van der Waals surface area (Å²) in [6.45, 7) is -0.00194. The Hall–Kier alpha value is -4.91. The van der Waals surface area contributed by atoms with Crippen LogP contribution in [0.1, 0.15) is 50.1 Å². The van der Waals surface area contributed by atoms with Crippen molar-refractivity contribution in [2.24, 2.45) is 0 Å². The molecule has 0 radical (unpaired) electrons. The molecule has 202 valence electrons. The fourth-order valence-electron chi connectivity index (χ4n) is 4.64. The van der Waals surface area contributed by atoms with E-state index in [0.29, 0.717) is 29.8 Å². The molecule has 0 unspecified atom stereocenters. The number of benzene rings is 2. The summed E-state index contributed by atoms with van der Waals surface area (Å²) in [7, 11) is 0. The smallest absolute Gasteiger partial charge is 0.347 e. The van der Waals surface area contributed by atoms with Gasteiger partial charge < -0.3 is 10.6 Å². The minimum atomic E-state index is -0.807. The molecule has 0 aliphatic heterocycles. The van der Waals surface area contributed by atoms with E-state index < -0.39 is 29.2 Å². The summed E-state index contributed by atoms with van der Waals surface area (Å²) >= 11 is 5.79. The maximum absolute atomic E-state index is 14.5. The average molecular weight is 566 g/mol. The van der Waals surface area contributed by atoms with Crippen molar-refractivity contribution in [3.05, 3.63) is 104 Å². The highest BCUT2D eigenvalue weighted by Gasteiger charge is 2.27. The van der Waals surface area contributed by atoms with Crippen LogP contribution < -0.4 is 16.4 Å². The van der Waals surface area contributed by atoms with Gasteiger partial charge in [-0.1, -0.05) is 35.0 Å². The van der Waals surface area contributed by atoms with Gasteiger partial charge in [-0.15, -0.1) is 0 Å². The van der Waals surface area contributed by atoms with Crippen molar-refractivity contribution in [3.63, 3.8) is 0 Å². The summed E-state index contributed by atoms with van der Waals surface area (Å²) in [6, 6.07) is 10.3. The Bertz CT molecular complexity index is 1870. The summed E-state index contributed by atoms with van der Waals surface area (Å²) in [6.07, 6.45) is 2.15. The van der Waals surface area contributed by atoms with E-state index in [1.165, 1.54) is 24.3 Å². The first kappa shape index (κ1) is 25.4. The van der Waals surface area contributed by atoms with Crippen LogP contribution in [0.4, 0.5) is 8.78 Å². The van der Waals surface area contributed by atoms with Gasteiger partial charge in [0.2, 0.25) is 0 Å². The molecule has 2 aromatic carbocycles. The van der Waals surface area contributed by atoms with Crippen LogP contribution in [0.5, 0.6) is 0 Å². The van der Waals surface area contributed by atoms with Gasteiger partial charge in [0, 0.05) is 18.2 Å². The van der Waals surface area contributed by atoms with Crippen LogP contribution in [0.3, 0.4) is 0 Å². The van der Waals surface area contributed by atoms with Gasteiger partial charge in [-0.2, -0.15) is 5.10 Å². The van der Waals surface area contributed by atoms with Gasteiger partial charge >= 0.3 is 5.76 Å². The van der Waals surface area contributed by atoms with E-state index in [-0.39, 0.29) is 34.6 Å². The standard InChI is InChI=1S/C26H18ClF2N7O4/c27-16-7-12(1-5-17(16)28)10-30-24(37)20-9-21(36-23(32-20)18(29)11-31-36)25(38)33-19-6-3-13-8-14(2-4-15(13)19)22-34-26(39)40-35-22/h1-2,4-5,7-9,11,19H,3,6,10H2,(H,30,37)(H,33,38)(H,34,35,39)/t19-/m0/s1. The fraction of sp³-hybridized carbons (Fsp3) is 0.154. The maximum Gasteiger partial charge on any atom is 0.439 e. The van der Waals surface area contributed by atoms with Crippen molar-refractivity contribution < 1.29 is 22.9 Å². The maximum atomic E-state index is 14.5. The highest BCUT2D eigenvalue weighted by Crippen LogP contribution is 2.33. The number of aromatic amines is 1. The Kier molecular flexibility index (Phi) is 6.34. The molecule has 6 rings (SSSR count). The van der Waals surface area contributed by atoms with E-state index in [1.54, 1.807) is 6.07 Å². The number of amides is 2. The number of carbonyl (C=O) groups excluding carboxylic acids is 2. The van der Waals surface area contributed by atoms with Crippen LogP contribution in [0, 0.1) is 11.6 Å². The molecule has 40 heavy (non-hydrogen) atoms. The Morgan fingerprint density at radius 1 is 1.12 bits per heavy atom. The molecule has 0 fully saturated rings. The van der Waals surface area contributed by atoms with Crippen molar-refractivity contribution in [1.29, 1.82) is 0 Å². The van der Waals surface area contributed by atoms with Crippen molar-refractivity contribution in [1.82, 2.24) is 35.4 Å². The molecule has 0 bridgehead atoms. The Balaban J connectivity index is 1.24. The van der Waals surface area contributed by atoms with Crippen molar-refractivity contribution in [2.75, 3.05) is 0 Å². The van der Waals surface area contributed by atoms with Crippen LogP contribution in [-0.2, 0) is 13.0 Å². The van der Waals surface area contributed by atoms with E-state index in [2.05, 4.69) is 35.4 Å². The van der Waals surface area contributed by atoms with E-state index in [0.717, 1.165) is 21.8 Å². The Morgan fingerprint density at radius 2 is 1.98 bits per heavy atom. The monoisotopic (exact) mass is 565 g/mol. The molecule has 1 atom stereocenters. The Labute approximate surface area is 228 Å². The third kappa shape index (κ3) is 4.71. The van der Waals surface area contributed by atoms with Crippen molar-refractivity contribution >= 4 is 29.1 Å². The number of nitrogens with one attached hydrogen (secondary N) is 3. The lowest BCUT2D eigenvalue weighted by atomic mass is 10.0. The molecule has 3 heterocycles. The number of fused-ring (bicyclic) bond motifs is 2. The molecule has 2 amide bonds. The van der Waals surface area contributed by atoms with E-state index in [1.807, 2.05) is 12.1 Å². The number of aryl methyl sites for hydroxylation is 1. The first-order valence-electron chi connectivity index (χ1n) is 12.0. The average Bonchev–Trinajstić information content (AvgIpc) is 3.67. The SMILES string of the molecule is O=C(NCc1ccc(F)c(Cl)c1)c1cc(C(=O)N[C@H]2CCc3cc(-c4noc(=O)[nH]4)ccc32)n2ncc(F)c2n1. The largest absolute Gasteiger partial charge is 0.439 e. The van der Waals surface area contributed by atoms with E-state index in [4.69, 9.17) is 11.6 Å². The molecule has 11 nitrogen and oxygen atoms in total. The number of hydrogen-bond acceptors (Lipinski definition) is 7. The zero-order chi connectivity index (χ0) is 28.0. The first-order chi connectivity index (χ1) is 19.3. The molecule has 3 N–H and O–H groups in total. The fourth-order valence-corrected chi connectivity index (χ4v) is 4.84. The minimum Gasteiger partial charge on any atom is -0.347 e. The molecular weight excluding hydrogens is 548 g/mol. The quantitative estimate of drug-likeness (QED) is 0.286. The van der Waals surface area contributed by atoms with Gasteiger partial charge in [0.05, 0.1) is 17.3 Å². The highest BCUT2D eigenvalue weighted by atomic mass is 35.5. The number of halogens is 3. The second-order valence-corrected chi connectivity index (χ2v) is 9.51. The molecule has 1 aliphatic carbocycles. The predicted octanol–water partition coefficient (Wildman–Crippen LogP) is 3.35. The van der Waals surface area contributed by atoms with Gasteiger partial charge in [-0.25, -0.2) is 23.1 Å². The number of carbonyl (C=O) groups is 2. The first-order valence-corrected chi connectivity index (χ1v) is 12.4. The number of rotatable bonds is 6. The molecule has 0 saturated heterocycles. The van der Waals surface area contributed by atoms with Gasteiger partial charge in [0.1, 0.15) is 17.2 Å². The van der Waals surface area contributed by atoms with Crippen LogP contribution in [0.15, 0.2) is 58.0 Å². The molecular formula is C26H18ClF2N7O4. The lowest BCUT2D eigenvalue weighted by Gasteiger charge is -2.15. The molecule has 5 aromatic rings. The number of hydrogen-bond donors (Lipinski definition) is 3. The van der Waals surface area contributed by atoms with Crippen LogP contribution >= 0.6 is 11.6 Å². The van der Waals surface area contributed by atoms with Gasteiger partial charge in [0.15, 0.2) is 17.3 Å². The van der Waals surface area contributed by atoms with Gasteiger partial charge in [-0.05, 0) is 47.7 Å². The third-order valence-corrected chi connectivity index (χ3v) is 6.86. The van der Waals surface area contributed by atoms with Crippen molar-refractivity contribution in [2.45, 2.75) is 25.4 Å². The third-order valence-electron chi connectivity index (χ3n) is 6.57. The van der Waals surface area contributed by atoms with E-state index >= 15 is 0 Å². The lowest BCUT2D eigenvalue weighted by molar-refractivity contribution is 0.0929. The summed E-state index contributed by atoms with van der Waals surface area (Å²) in [5.74, 6) is -3.02. The summed E-state index contributed by atoms with van der Waals surface area (Å²) in [5.41, 5.74) is 2.44. The molecule has 3 aromatic heterocycles. The van der Waals surface area contributed by atoms with Gasteiger partial charge in [-0.3, -0.25) is 19.1 Å². The second kappa shape index (κ2) is 10.0. The zero-order valence-corrected chi connectivity index (χ0v) is 21.1. The normalized spacial score (nSPS) is 14.3. The predicted molar refractivity (Wildman–Crippen MR) is 137 cm³/mol. The summed E-state index contributed by atoms with van der Waals surface area (Å²) in [5, 5.41) is 13.1. The number of aromatic nitrogens is 5. The van der Waals surface area contributed by atoms with Crippen LogP contribution in [0.2, 0.25) is 5.02 Å². The molecule has 0 saturated carbocycles. The van der Waals surface area contributed by atoms with E-state index in [9.17, 15) is 23.2 Å². The number of nitrogens with zero attached hydrogens (tertiary/aromatic N) is 4. The second-order valence-electron chi connectivity index (χ2n) is 9.11. The van der Waals surface area contributed by atoms with Crippen LogP contribution in [-0.4, -0.2) is 36.6 Å². The minimum absolute atomic E-state index is 0.00194. The molecule has 14 heteroatoms. The molecule has 0 spiro atoms. The summed E-state index contributed by atoms with van der Waals surface area (Å²) < 4.78 is 33.5. The van der Waals surface area contributed by atoms with Gasteiger partial charge in [0.25, 0.3) is 11.8 Å². The zero-order valence-electron chi connectivity index (χ0n) is 20.4. The summed E-state index contributed by atoms with van der Waals surface area (Å²) in [4.78, 5) is 44.1. The van der Waals surface area contributed by atoms with Crippen LogP contribution in [0.25, 0.3) is 17.0 Å². The topological polar surface area (TPSA) is 147 Å².